The Morgan fingerprint density at radius 3 is 2.16 bits per heavy atom. The first kappa shape index (κ1) is 19.6. The molecule has 0 spiro atoms. The van der Waals surface area contributed by atoms with Crippen LogP contribution < -0.4 is 4.74 Å². The van der Waals surface area contributed by atoms with Gasteiger partial charge < -0.3 is 4.74 Å². The summed E-state index contributed by atoms with van der Waals surface area (Å²) in [5, 5.41) is 0.637. The molecule has 4 aromatic carbocycles. The van der Waals surface area contributed by atoms with Crippen LogP contribution >= 0.6 is 11.6 Å². The summed E-state index contributed by atoms with van der Waals surface area (Å²) < 4.78 is 32.1. The number of hydrogen-bond donors (Lipinski definition) is 0. The summed E-state index contributed by atoms with van der Waals surface area (Å²) in [5.41, 5.74) is 5.38. The van der Waals surface area contributed by atoms with E-state index in [1.807, 2.05) is 48.5 Å². The molecule has 0 aliphatic carbocycles. The second-order valence-electron chi connectivity index (χ2n) is 8.79. The highest BCUT2D eigenvalue weighted by Crippen LogP contribution is 2.50. The smallest absolute Gasteiger partial charge is 0.207 e. The van der Waals surface area contributed by atoms with Crippen molar-refractivity contribution >= 4 is 21.4 Å². The quantitative estimate of drug-likeness (QED) is 0.265. The summed E-state index contributed by atoms with van der Waals surface area (Å²) in [6, 6.07) is 24.6. The van der Waals surface area contributed by atoms with Crippen LogP contribution in [0, 0.1) is 0 Å². The first-order valence-corrected chi connectivity index (χ1v) is 12.2. The Hall–Kier alpha value is -3.08. The molecule has 32 heavy (non-hydrogen) atoms. The fourth-order valence-electron chi connectivity index (χ4n) is 4.86. The molecule has 0 atom stereocenters. The molecule has 0 unspecified atom stereocenters. The molecule has 2 aliphatic rings. The number of fused-ring (bicyclic) bond motifs is 5. The van der Waals surface area contributed by atoms with Crippen molar-refractivity contribution in [3.8, 4) is 33.8 Å². The SMILES string of the molecule is CC1(C)c2ccc(Cl)cc2Oc2cc(-c3ccc4c(c3)-c3ccccc3S4(=O)=O)ccc21. The molecular formula is C27H19ClO3S. The van der Waals surface area contributed by atoms with Crippen LogP contribution in [-0.2, 0) is 15.3 Å². The second kappa shape index (κ2) is 6.47. The van der Waals surface area contributed by atoms with Crippen LogP contribution in [0.3, 0.4) is 0 Å². The van der Waals surface area contributed by atoms with Crippen LogP contribution in [0.1, 0.15) is 25.0 Å². The fourth-order valence-corrected chi connectivity index (χ4v) is 6.69. The largest absolute Gasteiger partial charge is 0.457 e. The van der Waals surface area contributed by atoms with Crippen molar-refractivity contribution in [2.75, 3.05) is 0 Å². The lowest BCUT2D eigenvalue weighted by Crippen LogP contribution is -2.24. The van der Waals surface area contributed by atoms with Gasteiger partial charge in [0.25, 0.3) is 0 Å². The van der Waals surface area contributed by atoms with E-state index in [-0.39, 0.29) is 5.41 Å². The Morgan fingerprint density at radius 1 is 0.719 bits per heavy atom. The van der Waals surface area contributed by atoms with E-state index in [0.717, 1.165) is 44.9 Å². The number of ether oxygens (including phenoxy) is 1. The Balaban J connectivity index is 1.49. The number of hydrogen-bond acceptors (Lipinski definition) is 3. The maximum absolute atomic E-state index is 12.9. The number of halogens is 1. The van der Waals surface area contributed by atoms with Crippen molar-refractivity contribution < 1.29 is 13.2 Å². The Kier molecular flexibility index (Phi) is 3.96. The average Bonchev–Trinajstić information content (AvgIpc) is 3.00. The molecule has 0 radical (unpaired) electrons. The summed E-state index contributed by atoms with van der Waals surface area (Å²) in [5.74, 6) is 1.55. The van der Waals surface area contributed by atoms with Crippen LogP contribution in [0.5, 0.6) is 11.5 Å². The van der Waals surface area contributed by atoms with Gasteiger partial charge >= 0.3 is 0 Å². The van der Waals surface area contributed by atoms with Gasteiger partial charge in [-0.15, -0.1) is 0 Å². The second-order valence-corrected chi connectivity index (χ2v) is 11.1. The Morgan fingerprint density at radius 2 is 1.34 bits per heavy atom. The lowest BCUT2D eigenvalue weighted by atomic mass is 9.75. The molecule has 3 nitrogen and oxygen atoms in total. The van der Waals surface area contributed by atoms with Gasteiger partial charge in [0.1, 0.15) is 11.5 Å². The van der Waals surface area contributed by atoms with Crippen molar-refractivity contribution in [1.29, 1.82) is 0 Å². The maximum atomic E-state index is 12.9. The normalized spacial score (nSPS) is 16.3. The summed E-state index contributed by atoms with van der Waals surface area (Å²) in [6.45, 7) is 4.36. The molecule has 6 rings (SSSR count). The van der Waals surface area contributed by atoms with Crippen molar-refractivity contribution in [1.82, 2.24) is 0 Å². The average molecular weight is 459 g/mol. The zero-order valence-electron chi connectivity index (χ0n) is 17.5. The molecule has 0 fully saturated rings. The maximum Gasteiger partial charge on any atom is 0.207 e. The minimum absolute atomic E-state index is 0.225. The van der Waals surface area contributed by atoms with Gasteiger partial charge in [-0.3, -0.25) is 0 Å². The Bertz CT molecular complexity index is 1550. The van der Waals surface area contributed by atoms with Crippen LogP contribution in [0.4, 0.5) is 0 Å². The van der Waals surface area contributed by atoms with Gasteiger partial charge in [0.2, 0.25) is 9.84 Å². The van der Waals surface area contributed by atoms with Crippen molar-refractivity contribution in [3.05, 3.63) is 95.0 Å². The lowest BCUT2D eigenvalue weighted by Gasteiger charge is -2.34. The van der Waals surface area contributed by atoms with E-state index < -0.39 is 9.84 Å². The Labute approximate surface area is 192 Å². The van der Waals surface area contributed by atoms with Gasteiger partial charge in [0.15, 0.2) is 0 Å². The molecule has 0 N–H and O–H groups in total. The van der Waals surface area contributed by atoms with Gasteiger partial charge in [0.05, 0.1) is 9.79 Å². The van der Waals surface area contributed by atoms with Crippen LogP contribution in [0.15, 0.2) is 88.7 Å². The molecule has 5 heteroatoms. The van der Waals surface area contributed by atoms with Crippen LogP contribution in [0.2, 0.25) is 5.02 Å². The van der Waals surface area contributed by atoms with E-state index in [9.17, 15) is 8.42 Å². The molecular weight excluding hydrogens is 440 g/mol. The highest BCUT2D eigenvalue weighted by molar-refractivity contribution is 7.92. The molecule has 2 heterocycles. The summed E-state index contributed by atoms with van der Waals surface area (Å²) in [7, 11) is -3.47. The molecule has 158 valence electrons. The number of sulfone groups is 1. The van der Waals surface area contributed by atoms with E-state index in [0.29, 0.717) is 14.8 Å². The van der Waals surface area contributed by atoms with Crippen molar-refractivity contribution in [2.24, 2.45) is 0 Å². The minimum Gasteiger partial charge on any atom is -0.457 e. The van der Waals surface area contributed by atoms with Crippen LogP contribution in [0.25, 0.3) is 22.3 Å². The number of rotatable bonds is 1. The van der Waals surface area contributed by atoms with Gasteiger partial charge in [0, 0.05) is 32.7 Å². The summed E-state index contributed by atoms with van der Waals surface area (Å²) in [6.07, 6.45) is 0. The van der Waals surface area contributed by atoms with E-state index in [4.69, 9.17) is 16.3 Å². The summed E-state index contributed by atoms with van der Waals surface area (Å²) >= 11 is 6.21. The van der Waals surface area contributed by atoms with E-state index in [1.54, 1.807) is 18.2 Å². The number of benzene rings is 4. The highest BCUT2D eigenvalue weighted by atomic mass is 35.5. The zero-order chi connectivity index (χ0) is 22.3. The zero-order valence-corrected chi connectivity index (χ0v) is 19.1. The summed E-state index contributed by atoms with van der Waals surface area (Å²) in [4.78, 5) is 0.734. The van der Waals surface area contributed by atoms with Crippen molar-refractivity contribution in [2.45, 2.75) is 29.1 Å². The molecule has 0 amide bonds. The van der Waals surface area contributed by atoms with Crippen molar-refractivity contribution in [3.63, 3.8) is 0 Å². The van der Waals surface area contributed by atoms with Gasteiger partial charge in [-0.2, -0.15) is 0 Å². The molecule has 0 saturated heterocycles. The first-order chi connectivity index (χ1) is 15.3. The van der Waals surface area contributed by atoms with Gasteiger partial charge in [-0.25, -0.2) is 8.42 Å². The molecule has 4 aromatic rings. The van der Waals surface area contributed by atoms with E-state index >= 15 is 0 Å². The minimum atomic E-state index is -3.47. The predicted molar refractivity (Wildman–Crippen MR) is 126 cm³/mol. The first-order valence-electron chi connectivity index (χ1n) is 10.4. The van der Waals surface area contributed by atoms with Gasteiger partial charge in [-0.05, 0) is 47.5 Å². The van der Waals surface area contributed by atoms with Gasteiger partial charge in [-0.1, -0.05) is 67.9 Å². The third-order valence-corrected chi connectivity index (χ3v) is 8.67. The van der Waals surface area contributed by atoms with E-state index in [2.05, 4.69) is 26.0 Å². The molecule has 0 aromatic heterocycles. The van der Waals surface area contributed by atoms with E-state index in [1.165, 1.54) is 0 Å². The predicted octanol–water partition coefficient (Wildman–Crippen LogP) is 7.25. The fraction of sp³-hybridized carbons (Fsp3) is 0.111. The highest BCUT2D eigenvalue weighted by Gasteiger charge is 2.35. The molecule has 0 bridgehead atoms. The third-order valence-electron chi connectivity index (χ3n) is 6.56. The topological polar surface area (TPSA) is 43.4 Å². The molecule has 2 aliphatic heterocycles. The third kappa shape index (κ3) is 2.63. The monoisotopic (exact) mass is 458 g/mol. The lowest BCUT2D eigenvalue weighted by molar-refractivity contribution is 0.418. The standard InChI is InChI=1S/C27H19ClO3S/c1-27(2)21-10-7-17(14-23(21)31-24-15-18(28)9-11-22(24)27)16-8-12-26-20(13-16)19-5-3-4-6-25(19)32(26,29)30/h3-15H,1-2H3. The van der Waals surface area contributed by atoms with Crippen LogP contribution in [-0.4, -0.2) is 8.42 Å². The molecule has 0 saturated carbocycles.